The highest BCUT2D eigenvalue weighted by Crippen LogP contribution is 2.37. The van der Waals surface area contributed by atoms with Crippen LogP contribution in [0.4, 0.5) is 4.79 Å². The second-order valence-electron chi connectivity index (χ2n) is 6.72. The molecule has 0 aliphatic carbocycles. The van der Waals surface area contributed by atoms with Crippen molar-refractivity contribution in [2.45, 2.75) is 38.6 Å². The molecule has 2 aliphatic rings. The average molecular weight is 290 g/mol. The Labute approximate surface area is 125 Å². The lowest BCUT2D eigenvalue weighted by atomic mass is 9.98. The minimum atomic E-state index is -0.200. The molecular formula is C16H22N2O3. The summed E-state index contributed by atoms with van der Waals surface area (Å²) in [6, 6.07) is 6.09. The Bertz CT molecular complexity index is 551. The molecule has 1 fully saturated rings. The fraction of sp³-hybridized carbons (Fsp3) is 0.562. The fourth-order valence-electron chi connectivity index (χ4n) is 2.78. The molecule has 2 aliphatic heterocycles. The molecule has 0 unspecified atom stereocenters. The number of rotatable bonds is 1. The lowest BCUT2D eigenvalue weighted by Crippen LogP contribution is -2.47. The number of nitrogens with one attached hydrogen (secondary N) is 1. The van der Waals surface area contributed by atoms with Gasteiger partial charge < -0.3 is 19.7 Å². The van der Waals surface area contributed by atoms with Gasteiger partial charge in [-0.15, -0.1) is 0 Å². The number of nitrogens with zero attached hydrogens (tertiary/aromatic N) is 1. The Morgan fingerprint density at radius 2 is 2.05 bits per heavy atom. The predicted molar refractivity (Wildman–Crippen MR) is 79.8 cm³/mol. The number of likely N-dealkylation sites (tertiary alicyclic amines) is 1. The highest BCUT2D eigenvalue weighted by Gasteiger charge is 2.29. The second kappa shape index (κ2) is 5.13. The van der Waals surface area contributed by atoms with Gasteiger partial charge in [0.1, 0.15) is 0 Å². The third kappa shape index (κ3) is 3.06. The van der Waals surface area contributed by atoms with Crippen LogP contribution in [0.1, 0.15) is 38.7 Å². The van der Waals surface area contributed by atoms with Crippen molar-refractivity contribution < 1.29 is 14.3 Å². The largest absolute Gasteiger partial charge is 0.454 e. The lowest BCUT2D eigenvalue weighted by Gasteiger charge is -2.25. The number of fused-ring (bicyclic) bond motifs is 1. The Balaban J connectivity index is 1.66. The van der Waals surface area contributed by atoms with Crippen LogP contribution in [0, 0.1) is 0 Å². The molecule has 1 N–H and O–H groups in total. The van der Waals surface area contributed by atoms with E-state index in [0.717, 1.165) is 31.0 Å². The molecule has 1 aromatic carbocycles. The maximum absolute atomic E-state index is 12.2. The minimum absolute atomic E-state index is 0.0192. The van der Waals surface area contributed by atoms with Gasteiger partial charge in [0.25, 0.3) is 0 Å². The number of hydrogen-bond donors (Lipinski definition) is 1. The average Bonchev–Trinajstić information content (AvgIpc) is 3.05. The summed E-state index contributed by atoms with van der Waals surface area (Å²) in [7, 11) is 0. The number of hydrogen-bond acceptors (Lipinski definition) is 3. The maximum atomic E-state index is 12.2. The molecule has 0 aromatic heterocycles. The van der Waals surface area contributed by atoms with Crippen LogP contribution in [0.5, 0.6) is 11.5 Å². The second-order valence-corrected chi connectivity index (χ2v) is 6.72. The maximum Gasteiger partial charge on any atom is 0.317 e. The zero-order valence-corrected chi connectivity index (χ0v) is 12.8. The van der Waals surface area contributed by atoms with E-state index in [0.29, 0.717) is 12.7 Å². The van der Waals surface area contributed by atoms with Gasteiger partial charge in [0.05, 0.1) is 0 Å². The molecule has 1 aromatic rings. The summed E-state index contributed by atoms with van der Waals surface area (Å²) in [4.78, 5) is 14.1. The van der Waals surface area contributed by atoms with Gasteiger partial charge in [0.15, 0.2) is 11.5 Å². The smallest absolute Gasteiger partial charge is 0.317 e. The number of urea groups is 1. The van der Waals surface area contributed by atoms with Crippen molar-refractivity contribution in [1.29, 1.82) is 0 Å². The molecule has 0 radical (unpaired) electrons. The Kier molecular flexibility index (Phi) is 3.43. The van der Waals surface area contributed by atoms with Gasteiger partial charge in [-0.25, -0.2) is 4.79 Å². The Hall–Kier alpha value is -1.91. The van der Waals surface area contributed by atoms with E-state index >= 15 is 0 Å². The first kappa shape index (κ1) is 14.0. The normalized spacial score (nSPS) is 20.7. The van der Waals surface area contributed by atoms with Gasteiger partial charge in [-0.3, -0.25) is 0 Å². The van der Waals surface area contributed by atoms with E-state index in [1.165, 1.54) is 5.56 Å². The van der Waals surface area contributed by atoms with E-state index in [1.807, 2.05) is 37.8 Å². The number of carbonyl (C=O) groups excluding carboxylic acids is 1. The highest BCUT2D eigenvalue weighted by molar-refractivity contribution is 5.75. The first-order valence-electron chi connectivity index (χ1n) is 7.39. The summed E-state index contributed by atoms with van der Waals surface area (Å²) in [5.74, 6) is 1.98. The van der Waals surface area contributed by atoms with Crippen LogP contribution in [0.15, 0.2) is 18.2 Å². The Morgan fingerprint density at radius 1 is 1.29 bits per heavy atom. The SMILES string of the molecule is CC(C)(C)NC(=O)N1CC[C@@H](c2ccc3c(c2)OCO3)C1. The molecule has 2 amide bonds. The summed E-state index contributed by atoms with van der Waals surface area (Å²) >= 11 is 0. The topological polar surface area (TPSA) is 50.8 Å². The zero-order chi connectivity index (χ0) is 15.0. The summed E-state index contributed by atoms with van der Waals surface area (Å²) in [6.07, 6.45) is 0.983. The number of carbonyl (C=O) groups is 1. The molecule has 0 saturated carbocycles. The Morgan fingerprint density at radius 3 is 2.81 bits per heavy atom. The van der Waals surface area contributed by atoms with Crippen LogP contribution in [0.2, 0.25) is 0 Å². The van der Waals surface area contributed by atoms with E-state index in [4.69, 9.17) is 9.47 Å². The first-order chi connectivity index (χ1) is 9.92. The monoisotopic (exact) mass is 290 g/mol. The van der Waals surface area contributed by atoms with E-state index in [9.17, 15) is 4.79 Å². The third-order valence-electron chi connectivity index (χ3n) is 3.83. The quantitative estimate of drug-likeness (QED) is 0.865. The van der Waals surface area contributed by atoms with Crippen molar-refractivity contribution in [1.82, 2.24) is 10.2 Å². The molecule has 114 valence electrons. The number of benzene rings is 1. The van der Waals surface area contributed by atoms with Crippen molar-refractivity contribution in [3.63, 3.8) is 0 Å². The first-order valence-corrected chi connectivity index (χ1v) is 7.39. The molecule has 1 atom stereocenters. The summed E-state index contributed by atoms with van der Waals surface area (Å²) < 4.78 is 10.8. The highest BCUT2D eigenvalue weighted by atomic mass is 16.7. The zero-order valence-electron chi connectivity index (χ0n) is 12.8. The van der Waals surface area contributed by atoms with Crippen LogP contribution < -0.4 is 14.8 Å². The van der Waals surface area contributed by atoms with Crippen LogP contribution in [-0.2, 0) is 0 Å². The van der Waals surface area contributed by atoms with Crippen LogP contribution in [0.3, 0.4) is 0 Å². The molecule has 21 heavy (non-hydrogen) atoms. The van der Waals surface area contributed by atoms with Crippen molar-refractivity contribution in [2.75, 3.05) is 19.9 Å². The summed E-state index contributed by atoms with van der Waals surface area (Å²) in [6.45, 7) is 7.83. The van der Waals surface area contributed by atoms with E-state index in [2.05, 4.69) is 11.4 Å². The van der Waals surface area contributed by atoms with Gasteiger partial charge in [0, 0.05) is 24.5 Å². The van der Waals surface area contributed by atoms with Crippen LogP contribution >= 0.6 is 0 Å². The van der Waals surface area contributed by atoms with Crippen molar-refractivity contribution >= 4 is 6.03 Å². The predicted octanol–water partition coefficient (Wildman–Crippen LogP) is 2.71. The third-order valence-corrected chi connectivity index (χ3v) is 3.83. The van der Waals surface area contributed by atoms with Crippen LogP contribution in [-0.4, -0.2) is 36.4 Å². The van der Waals surface area contributed by atoms with Crippen LogP contribution in [0.25, 0.3) is 0 Å². The molecule has 5 heteroatoms. The van der Waals surface area contributed by atoms with Gasteiger partial charge in [-0.05, 0) is 44.9 Å². The number of amides is 2. The van der Waals surface area contributed by atoms with Gasteiger partial charge in [-0.1, -0.05) is 6.07 Å². The molecule has 0 spiro atoms. The lowest BCUT2D eigenvalue weighted by molar-refractivity contribution is 0.174. The standard InChI is InChI=1S/C16H22N2O3/c1-16(2,3)17-15(19)18-7-6-12(9-18)11-4-5-13-14(8-11)21-10-20-13/h4-5,8,12H,6-7,9-10H2,1-3H3,(H,17,19)/t12-/m1/s1. The van der Waals surface area contributed by atoms with E-state index < -0.39 is 0 Å². The molecular weight excluding hydrogens is 268 g/mol. The molecule has 3 rings (SSSR count). The molecule has 0 bridgehead atoms. The summed E-state index contributed by atoms with van der Waals surface area (Å²) in [5, 5.41) is 3.02. The van der Waals surface area contributed by atoms with Crippen molar-refractivity contribution in [3.05, 3.63) is 23.8 Å². The van der Waals surface area contributed by atoms with Crippen molar-refractivity contribution in [2.24, 2.45) is 0 Å². The van der Waals surface area contributed by atoms with Gasteiger partial charge in [-0.2, -0.15) is 0 Å². The van der Waals surface area contributed by atoms with Gasteiger partial charge in [0.2, 0.25) is 6.79 Å². The fourth-order valence-corrected chi connectivity index (χ4v) is 2.78. The van der Waals surface area contributed by atoms with E-state index in [-0.39, 0.29) is 11.6 Å². The molecule has 5 nitrogen and oxygen atoms in total. The van der Waals surface area contributed by atoms with Gasteiger partial charge >= 0.3 is 6.03 Å². The molecule has 2 heterocycles. The number of ether oxygens (including phenoxy) is 2. The van der Waals surface area contributed by atoms with Crippen molar-refractivity contribution in [3.8, 4) is 11.5 Å². The summed E-state index contributed by atoms with van der Waals surface area (Å²) in [5.41, 5.74) is 1.01. The van der Waals surface area contributed by atoms with E-state index in [1.54, 1.807) is 0 Å². The minimum Gasteiger partial charge on any atom is -0.454 e. The molecule has 1 saturated heterocycles.